The van der Waals surface area contributed by atoms with E-state index in [1.807, 2.05) is 66.2 Å². The minimum Gasteiger partial charge on any atom is -0.481 e. The number of aliphatic carboxylic acids is 1. The van der Waals surface area contributed by atoms with Gasteiger partial charge in [-0.05, 0) is 43.9 Å². The zero-order valence-corrected chi connectivity index (χ0v) is 16.3. The molecule has 2 N–H and O–H groups in total. The molecule has 2 aromatic carbocycles. The number of aromatic nitrogens is 2. The number of fused-ring (bicyclic) bond motifs is 1. The van der Waals surface area contributed by atoms with Crippen LogP contribution in [0.5, 0.6) is 0 Å². The Hall–Kier alpha value is -3.41. The van der Waals surface area contributed by atoms with Gasteiger partial charge in [-0.1, -0.05) is 48.0 Å². The molecule has 0 fully saturated rings. The van der Waals surface area contributed by atoms with Gasteiger partial charge in [-0.3, -0.25) is 9.59 Å². The lowest BCUT2D eigenvalue weighted by Crippen LogP contribution is -2.31. The summed E-state index contributed by atoms with van der Waals surface area (Å²) in [6, 6.07) is 16.6. The van der Waals surface area contributed by atoms with Crippen LogP contribution in [0.15, 0.2) is 54.6 Å². The molecule has 29 heavy (non-hydrogen) atoms. The molecule has 0 aliphatic heterocycles. The van der Waals surface area contributed by atoms with Crippen LogP contribution >= 0.6 is 0 Å². The first-order valence-corrected chi connectivity index (χ1v) is 9.78. The van der Waals surface area contributed by atoms with Crippen molar-refractivity contribution >= 4 is 11.9 Å². The summed E-state index contributed by atoms with van der Waals surface area (Å²) < 4.78 is 1.85. The number of nitrogens with one attached hydrogen (secondary N) is 1. The van der Waals surface area contributed by atoms with Crippen LogP contribution < -0.4 is 5.32 Å². The van der Waals surface area contributed by atoms with Gasteiger partial charge in [0.1, 0.15) is 0 Å². The first-order chi connectivity index (χ1) is 14.0. The van der Waals surface area contributed by atoms with Crippen molar-refractivity contribution in [3.05, 3.63) is 82.7 Å². The Labute approximate surface area is 169 Å². The third kappa shape index (κ3) is 3.92. The maximum absolute atomic E-state index is 13.1. The number of nitrogens with zero attached hydrogens (tertiary/aromatic N) is 2. The molecule has 0 saturated heterocycles. The highest BCUT2D eigenvalue weighted by Gasteiger charge is 2.28. The van der Waals surface area contributed by atoms with Gasteiger partial charge in [0.2, 0.25) is 0 Å². The second kappa shape index (κ2) is 7.91. The minimum absolute atomic E-state index is 0.184. The van der Waals surface area contributed by atoms with E-state index >= 15 is 0 Å². The molecule has 1 heterocycles. The molecular weight excluding hydrogens is 366 g/mol. The van der Waals surface area contributed by atoms with Crippen LogP contribution in [0, 0.1) is 6.92 Å². The molecule has 1 unspecified atom stereocenters. The molecule has 0 bridgehead atoms. The van der Waals surface area contributed by atoms with Gasteiger partial charge in [-0.25, -0.2) is 4.68 Å². The van der Waals surface area contributed by atoms with Gasteiger partial charge in [0.15, 0.2) is 5.69 Å². The topological polar surface area (TPSA) is 84.2 Å². The second-order valence-electron chi connectivity index (χ2n) is 7.41. The Morgan fingerprint density at radius 1 is 1.10 bits per heavy atom. The zero-order valence-electron chi connectivity index (χ0n) is 16.3. The molecule has 0 radical (unpaired) electrons. The lowest BCUT2D eigenvalue weighted by molar-refractivity contribution is -0.137. The zero-order chi connectivity index (χ0) is 20.4. The summed E-state index contributed by atoms with van der Waals surface area (Å²) in [7, 11) is 0. The SMILES string of the molecule is Cc1ccc(-n2nc(C(=O)NC(CC(=O)O)c3ccccc3)c3c2CCC3)cc1. The molecule has 3 aromatic rings. The highest BCUT2D eigenvalue weighted by atomic mass is 16.4. The number of carbonyl (C=O) groups excluding carboxylic acids is 1. The van der Waals surface area contributed by atoms with E-state index in [9.17, 15) is 14.7 Å². The molecule has 148 valence electrons. The average Bonchev–Trinajstić information content (AvgIpc) is 3.31. The van der Waals surface area contributed by atoms with E-state index in [1.54, 1.807) is 0 Å². The maximum atomic E-state index is 13.1. The van der Waals surface area contributed by atoms with Gasteiger partial charge in [0.05, 0.1) is 18.2 Å². The van der Waals surface area contributed by atoms with Gasteiger partial charge < -0.3 is 10.4 Å². The van der Waals surface area contributed by atoms with E-state index in [1.165, 1.54) is 0 Å². The third-order valence-electron chi connectivity index (χ3n) is 5.31. The van der Waals surface area contributed by atoms with Gasteiger partial charge in [-0.2, -0.15) is 5.10 Å². The van der Waals surface area contributed by atoms with E-state index in [4.69, 9.17) is 0 Å². The van der Waals surface area contributed by atoms with Crippen molar-refractivity contribution < 1.29 is 14.7 Å². The Bertz CT molecular complexity index is 1040. The minimum atomic E-state index is -0.963. The third-order valence-corrected chi connectivity index (χ3v) is 5.31. The Morgan fingerprint density at radius 2 is 1.83 bits per heavy atom. The van der Waals surface area contributed by atoms with Gasteiger partial charge in [0, 0.05) is 11.3 Å². The quantitative estimate of drug-likeness (QED) is 0.674. The lowest BCUT2D eigenvalue weighted by Gasteiger charge is -2.17. The van der Waals surface area contributed by atoms with Crippen molar-refractivity contribution in [3.63, 3.8) is 0 Å². The monoisotopic (exact) mass is 389 g/mol. The number of aryl methyl sites for hydroxylation is 1. The fourth-order valence-electron chi connectivity index (χ4n) is 3.86. The Balaban J connectivity index is 1.65. The predicted molar refractivity (Wildman–Crippen MR) is 109 cm³/mol. The number of hydrogen-bond donors (Lipinski definition) is 2. The van der Waals surface area contributed by atoms with E-state index in [0.29, 0.717) is 5.69 Å². The van der Waals surface area contributed by atoms with Crippen molar-refractivity contribution in [2.75, 3.05) is 0 Å². The van der Waals surface area contributed by atoms with Crippen molar-refractivity contribution in [2.45, 2.75) is 38.6 Å². The van der Waals surface area contributed by atoms with Crippen LogP contribution in [-0.2, 0) is 17.6 Å². The smallest absolute Gasteiger partial charge is 0.305 e. The average molecular weight is 389 g/mol. The molecule has 1 amide bonds. The predicted octanol–water partition coefficient (Wildman–Crippen LogP) is 3.62. The van der Waals surface area contributed by atoms with Crippen molar-refractivity contribution in [1.29, 1.82) is 0 Å². The van der Waals surface area contributed by atoms with E-state index in [-0.39, 0.29) is 12.3 Å². The molecular formula is C23H23N3O3. The molecule has 6 heteroatoms. The van der Waals surface area contributed by atoms with Crippen molar-refractivity contribution in [2.24, 2.45) is 0 Å². The summed E-state index contributed by atoms with van der Waals surface area (Å²) in [6.07, 6.45) is 2.48. The second-order valence-corrected chi connectivity index (χ2v) is 7.41. The molecule has 4 rings (SSSR count). The molecule has 6 nitrogen and oxygen atoms in total. The van der Waals surface area contributed by atoms with E-state index < -0.39 is 12.0 Å². The number of rotatable bonds is 6. The van der Waals surface area contributed by atoms with E-state index in [2.05, 4.69) is 10.4 Å². The summed E-state index contributed by atoms with van der Waals surface area (Å²) in [5, 5.41) is 16.8. The number of hydrogen-bond acceptors (Lipinski definition) is 3. The van der Waals surface area contributed by atoms with Gasteiger partial charge in [0.25, 0.3) is 5.91 Å². The largest absolute Gasteiger partial charge is 0.481 e. The first-order valence-electron chi connectivity index (χ1n) is 9.78. The number of amides is 1. The van der Waals surface area contributed by atoms with Crippen LogP contribution in [0.1, 0.15) is 51.8 Å². The molecule has 0 saturated carbocycles. The van der Waals surface area contributed by atoms with Crippen LogP contribution in [0.2, 0.25) is 0 Å². The summed E-state index contributed by atoms with van der Waals surface area (Å²) >= 11 is 0. The number of benzene rings is 2. The van der Waals surface area contributed by atoms with Crippen LogP contribution in [-0.4, -0.2) is 26.8 Å². The molecule has 0 spiro atoms. The summed E-state index contributed by atoms with van der Waals surface area (Å²) in [5.74, 6) is -1.29. The van der Waals surface area contributed by atoms with Crippen LogP contribution in [0.3, 0.4) is 0 Å². The fourth-order valence-corrected chi connectivity index (χ4v) is 3.86. The standard InChI is InChI=1S/C23H23N3O3/c1-15-10-12-17(13-11-15)26-20-9-5-8-18(20)22(25-26)23(29)24-19(14-21(27)28)16-6-3-2-4-7-16/h2-4,6-7,10-13,19H,5,8-9,14H2,1H3,(H,24,29)(H,27,28). The Kier molecular flexibility index (Phi) is 5.16. The maximum Gasteiger partial charge on any atom is 0.305 e. The molecule has 1 aliphatic carbocycles. The van der Waals surface area contributed by atoms with Crippen molar-refractivity contribution in [1.82, 2.24) is 15.1 Å². The molecule has 1 aliphatic rings. The normalized spacial score (nSPS) is 13.7. The number of carbonyl (C=O) groups is 2. The highest BCUT2D eigenvalue weighted by Crippen LogP contribution is 2.28. The summed E-state index contributed by atoms with van der Waals surface area (Å²) in [6.45, 7) is 2.03. The number of carboxylic acid groups (broad SMARTS) is 1. The van der Waals surface area contributed by atoms with Crippen LogP contribution in [0.4, 0.5) is 0 Å². The summed E-state index contributed by atoms with van der Waals surface area (Å²) in [4.78, 5) is 24.4. The highest BCUT2D eigenvalue weighted by molar-refractivity contribution is 5.94. The van der Waals surface area contributed by atoms with E-state index in [0.717, 1.165) is 47.3 Å². The van der Waals surface area contributed by atoms with Crippen molar-refractivity contribution in [3.8, 4) is 5.69 Å². The van der Waals surface area contributed by atoms with Gasteiger partial charge in [-0.15, -0.1) is 0 Å². The van der Waals surface area contributed by atoms with Crippen LogP contribution in [0.25, 0.3) is 5.69 Å². The fraction of sp³-hybridized carbons (Fsp3) is 0.261. The first kappa shape index (κ1) is 18.9. The molecule has 1 aromatic heterocycles. The molecule has 1 atom stereocenters. The Morgan fingerprint density at radius 3 is 2.52 bits per heavy atom. The number of carboxylic acids is 1. The lowest BCUT2D eigenvalue weighted by atomic mass is 10.0. The van der Waals surface area contributed by atoms with Gasteiger partial charge >= 0.3 is 5.97 Å². The summed E-state index contributed by atoms with van der Waals surface area (Å²) in [5.41, 5.74) is 5.27.